The van der Waals surface area contributed by atoms with Crippen LogP contribution in [-0.2, 0) is 24.9 Å². The van der Waals surface area contributed by atoms with Crippen molar-refractivity contribution in [2.24, 2.45) is 12.5 Å². The fraction of sp³-hybridized carbons (Fsp3) is 0.579. The molecular weight excluding hydrogens is 332 g/mol. The number of aryl methyl sites for hydroxylation is 1. The van der Waals surface area contributed by atoms with Gasteiger partial charge in [-0.1, -0.05) is 0 Å². The predicted octanol–water partition coefficient (Wildman–Crippen LogP) is 2.88. The summed E-state index contributed by atoms with van der Waals surface area (Å²) >= 11 is 1.70. The van der Waals surface area contributed by atoms with Crippen molar-refractivity contribution in [1.29, 1.82) is 0 Å². The summed E-state index contributed by atoms with van der Waals surface area (Å²) in [7, 11) is 2.06. The summed E-state index contributed by atoms with van der Waals surface area (Å²) in [5, 5.41) is 4.24. The molecule has 1 spiro atoms. The molecule has 1 amide bonds. The molecule has 5 nitrogen and oxygen atoms in total. The second kappa shape index (κ2) is 6.57. The van der Waals surface area contributed by atoms with Gasteiger partial charge in [-0.15, -0.1) is 0 Å². The van der Waals surface area contributed by atoms with Gasteiger partial charge in [0.25, 0.3) is 0 Å². The van der Waals surface area contributed by atoms with E-state index in [9.17, 15) is 4.79 Å². The molecule has 2 fully saturated rings. The summed E-state index contributed by atoms with van der Waals surface area (Å²) < 4.78 is 2.10. The summed E-state index contributed by atoms with van der Waals surface area (Å²) in [5.74, 6) is 0.213. The maximum Gasteiger partial charge on any atom is 0.220 e. The van der Waals surface area contributed by atoms with Gasteiger partial charge in [-0.05, 0) is 60.2 Å². The van der Waals surface area contributed by atoms with Crippen LogP contribution in [0.15, 0.2) is 29.4 Å². The highest BCUT2D eigenvalue weighted by Gasteiger charge is 2.58. The summed E-state index contributed by atoms with van der Waals surface area (Å²) in [6.07, 6.45) is 7.40. The first kappa shape index (κ1) is 16.8. The minimum atomic E-state index is 0.213. The van der Waals surface area contributed by atoms with E-state index in [1.807, 2.05) is 12.5 Å². The molecule has 1 saturated carbocycles. The van der Waals surface area contributed by atoms with E-state index in [4.69, 9.17) is 0 Å². The lowest BCUT2D eigenvalue weighted by molar-refractivity contribution is -0.130. The standard InChI is InChI=1S/C19H26N4OS/c1-15(24)23(11-16-3-8-25-13-16)18-9-19(18)4-6-22(7-5-19)12-17-10-20-14-21(17)2/h3,8,10,13-14,18H,4-7,9,11-12H2,1-2H3. The summed E-state index contributed by atoms with van der Waals surface area (Å²) in [5.41, 5.74) is 2.90. The second-order valence-electron chi connectivity index (χ2n) is 7.63. The highest BCUT2D eigenvalue weighted by atomic mass is 32.1. The lowest BCUT2D eigenvalue weighted by Gasteiger charge is -2.34. The van der Waals surface area contributed by atoms with Gasteiger partial charge in [0.2, 0.25) is 5.91 Å². The Morgan fingerprint density at radius 2 is 2.24 bits per heavy atom. The van der Waals surface area contributed by atoms with Crippen molar-refractivity contribution >= 4 is 17.2 Å². The van der Waals surface area contributed by atoms with Crippen molar-refractivity contribution in [3.05, 3.63) is 40.6 Å². The van der Waals surface area contributed by atoms with Crippen molar-refractivity contribution in [3.63, 3.8) is 0 Å². The quantitative estimate of drug-likeness (QED) is 0.825. The highest BCUT2D eigenvalue weighted by Crippen LogP contribution is 2.57. The Morgan fingerprint density at radius 3 is 2.84 bits per heavy atom. The number of likely N-dealkylation sites (tertiary alicyclic amines) is 1. The summed E-state index contributed by atoms with van der Waals surface area (Å²) in [4.78, 5) is 21.0. The van der Waals surface area contributed by atoms with E-state index in [-0.39, 0.29) is 5.91 Å². The summed E-state index contributed by atoms with van der Waals surface area (Å²) in [6, 6.07) is 2.57. The third-order valence-electron chi connectivity index (χ3n) is 6.01. The summed E-state index contributed by atoms with van der Waals surface area (Å²) in [6.45, 7) is 5.69. The van der Waals surface area contributed by atoms with Crippen LogP contribution in [0.2, 0.25) is 0 Å². The molecule has 0 N–H and O–H groups in total. The number of rotatable bonds is 5. The number of carbonyl (C=O) groups excluding carboxylic acids is 1. The first-order valence-corrected chi connectivity index (χ1v) is 9.97. The van der Waals surface area contributed by atoms with Crippen LogP contribution in [0.3, 0.4) is 0 Å². The zero-order chi connectivity index (χ0) is 17.4. The fourth-order valence-corrected chi connectivity index (χ4v) is 4.91. The van der Waals surface area contributed by atoms with Crippen LogP contribution in [0.1, 0.15) is 37.4 Å². The van der Waals surface area contributed by atoms with Crippen molar-refractivity contribution in [2.45, 2.75) is 45.3 Å². The number of piperidine rings is 1. The van der Waals surface area contributed by atoms with Gasteiger partial charge < -0.3 is 9.47 Å². The van der Waals surface area contributed by atoms with Crippen LogP contribution in [0, 0.1) is 5.41 Å². The van der Waals surface area contributed by atoms with Crippen LogP contribution in [0.4, 0.5) is 0 Å². The Balaban J connectivity index is 1.35. The molecule has 0 bridgehead atoms. The molecule has 0 radical (unpaired) electrons. The zero-order valence-corrected chi connectivity index (χ0v) is 15.8. The Hall–Kier alpha value is -1.66. The van der Waals surface area contributed by atoms with Crippen LogP contribution in [-0.4, -0.2) is 44.4 Å². The van der Waals surface area contributed by atoms with Gasteiger partial charge in [0, 0.05) is 39.3 Å². The number of hydrogen-bond acceptors (Lipinski definition) is 4. The van der Waals surface area contributed by atoms with Crippen molar-refractivity contribution in [1.82, 2.24) is 19.4 Å². The van der Waals surface area contributed by atoms with Crippen molar-refractivity contribution in [3.8, 4) is 0 Å². The first-order chi connectivity index (χ1) is 12.1. The first-order valence-electron chi connectivity index (χ1n) is 9.03. The average molecular weight is 359 g/mol. The van der Waals surface area contributed by atoms with Gasteiger partial charge >= 0.3 is 0 Å². The fourth-order valence-electron chi connectivity index (χ4n) is 4.25. The van der Waals surface area contributed by atoms with Crippen LogP contribution in [0.5, 0.6) is 0 Å². The number of imidazole rings is 1. The maximum absolute atomic E-state index is 12.2. The van der Waals surface area contributed by atoms with Gasteiger partial charge in [-0.3, -0.25) is 9.69 Å². The molecule has 0 aromatic carbocycles. The molecule has 1 saturated heterocycles. The van der Waals surface area contributed by atoms with Crippen molar-refractivity contribution in [2.75, 3.05) is 13.1 Å². The van der Waals surface area contributed by atoms with Gasteiger partial charge in [0.15, 0.2) is 0 Å². The molecule has 1 aliphatic carbocycles. The zero-order valence-electron chi connectivity index (χ0n) is 15.0. The Morgan fingerprint density at radius 1 is 1.44 bits per heavy atom. The number of carbonyl (C=O) groups is 1. The Bertz CT molecular complexity index is 730. The van der Waals surface area contributed by atoms with Gasteiger partial charge in [0.1, 0.15) is 0 Å². The van der Waals surface area contributed by atoms with Crippen molar-refractivity contribution < 1.29 is 4.79 Å². The molecule has 2 aliphatic rings. The Labute approximate surface area is 153 Å². The van der Waals surface area contributed by atoms with Gasteiger partial charge in [-0.2, -0.15) is 11.3 Å². The lowest BCUT2D eigenvalue weighted by Crippen LogP contribution is -2.40. The predicted molar refractivity (Wildman–Crippen MR) is 99.1 cm³/mol. The molecule has 2 aromatic heterocycles. The highest BCUT2D eigenvalue weighted by molar-refractivity contribution is 7.07. The van der Waals surface area contributed by atoms with E-state index < -0.39 is 0 Å². The van der Waals surface area contributed by atoms with E-state index in [0.717, 1.165) is 26.2 Å². The van der Waals surface area contributed by atoms with E-state index in [2.05, 4.69) is 43.2 Å². The number of amides is 1. The number of aromatic nitrogens is 2. The topological polar surface area (TPSA) is 41.4 Å². The molecule has 25 heavy (non-hydrogen) atoms. The molecule has 1 aliphatic heterocycles. The van der Waals surface area contributed by atoms with Crippen LogP contribution in [0.25, 0.3) is 0 Å². The minimum absolute atomic E-state index is 0.213. The third-order valence-corrected chi connectivity index (χ3v) is 6.75. The number of nitrogens with zero attached hydrogens (tertiary/aromatic N) is 4. The molecule has 1 unspecified atom stereocenters. The lowest BCUT2D eigenvalue weighted by atomic mass is 9.92. The molecule has 6 heteroatoms. The van der Waals surface area contributed by atoms with Crippen LogP contribution < -0.4 is 0 Å². The number of hydrogen-bond donors (Lipinski definition) is 0. The second-order valence-corrected chi connectivity index (χ2v) is 8.41. The van der Waals surface area contributed by atoms with Gasteiger partial charge in [-0.25, -0.2) is 4.98 Å². The monoisotopic (exact) mass is 358 g/mol. The normalized spacial score (nSPS) is 22.2. The average Bonchev–Trinajstić information content (AvgIpc) is 2.94. The maximum atomic E-state index is 12.2. The van der Waals surface area contributed by atoms with E-state index in [0.29, 0.717) is 11.5 Å². The van der Waals surface area contributed by atoms with Gasteiger partial charge in [0.05, 0.1) is 12.0 Å². The van der Waals surface area contributed by atoms with E-state index >= 15 is 0 Å². The molecular formula is C19H26N4OS. The number of thiophene rings is 1. The molecule has 134 valence electrons. The van der Waals surface area contributed by atoms with E-state index in [1.54, 1.807) is 18.3 Å². The smallest absolute Gasteiger partial charge is 0.220 e. The molecule has 4 rings (SSSR count). The Kier molecular flexibility index (Phi) is 4.41. The molecule has 3 heterocycles. The minimum Gasteiger partial charge on any atom is -0.337 e. The molecule has 2 aromatic rings. The molecule has 1 atom stereocenters. The third kappa shape index (κ3) is 3.37. The van der Waals surface area contributed by atoms with Crippen LogP contribution >= 0.6 is 11.3 Å². The SMILES string of the molecule is CC(=O)N(Cc1ccsc1)C1CC12CCN(Cc1cncn1C)CC2. The van der Waals surface area contributed by atoms with E-state index in [1.165, 1.54) is 30.5 Å². The largest absolute Gasteiger partial charge is 0.337 e.